The van der Waals surface area contributed by atoms with E-state index in [1.165, 1.54) is 19.2 Å². The first kappa shape index (κ1) is 18.5. The van der Waals surface area contributed by atoms with Crippen molar-refractivity contribution in [1.29, 1.82) is 0 Å². The number of imide groups is 1. The van der Waals surface area contributed by atoms with Gasteiger partial charge in [0.05, 0.1) is 31.2 Å². The molecule has 2 heterocycles. The Bertz CT molecular complexity index is 1060. The van der Waals surface area contributed by atoms with Crippen LogP contribution in [0.15, 0.2) is 59.8 Å². The van der Waals surface area contributed by atoms with Gasteiger partial charge in [-0.2, -0.15) is 0 Å². The number of hydrazine groups is 1. The van der Waals surface area contributed by atoms with E-state index in [1.54, 1.807) is 30.3 Å². The first-order chi connectivity index (χ1) is 14.0. The minimum absolute atomic E-state index is 0.0465. The number of ether oxygens (including phenoxy) is 2. The Morgan fingerprint density at radius 1 is 1.07 bits per heavy atom. The Morgan fingerprint density at radius 3 is 2.52 bits per heavy atom. The van der Waals surface area contributed by atoms with Gasteiger partial charge in [-0.1, -0.05) is 24.3 Å². The van der Waals surface area contributed by atoms with Gasteiger partial charge in [0.2, 0.25) is 0 Å². The summed E-state index contributed by atoms with van der Waals surface area (Å²) >= 11 is 0. The van der Waals surface area contributed by atoms with E-state index in [0.717, 1.165) is 10.5 Å². The van der Waals surface area contributed by atoms with Gasteiger partial charge in [-0.25, -0.2) is 9.69 Å². The molecular weight excluding hydrogens is 374 g/mol. The third-order valence-corrected chi connectivity index (χ3v) is 4.92. The molecular formula is C21H19N3O5. The lowest BCUT2D eigenvalue weighted by atomic mass is 10.1. The Kier molecular flexibility index (Phi) is 4.46. The predicted molar refractivity (Wildman–Crippen MR) is 105 cm³/mol. The van der Waals surface area contributed by atoms with Gasteiger partial charge in [-0.3, -0.25) is 20.0 Å². The van der Waals surface area contributed by atoms with Gasteiger partial charge in [0.15, 0.2) is 11.7 Å². The number of amides is 2. The summed E-state index contributed by atoms with van der Waals surface area (Å²) in [7, 11) is 2.69. The van der Waals surface area contributed by atoms with E-state index in [2.05, 4.69) is 5.43 Å². The van der Waals surface area contributed by atoms with Crippen LogP contribution in [0, 0.1) is 6.92 Å². The molecule has 0 aliphatic carbocycles. The number of methoxy groups -OCH3 is 2. The first-order valence-electron chi connectivity index (χ1n) is 8.94. The molecule has 1 N–H and O–H groups in total. The van der Waals surface area contributed by atoms with Gasteiger partial charge >= 0.3 is 5.97 Å². The molecule has 2 amide bonds. The highest BCUT2D eigenvalue weighted by Gasteiger charge is 2.54. The highest BCUT2D eigenvalue weighted by atomic mass is 16.5. The van der Waals surface area contributed by atoms with E-state index in [0.29, 0.717) is 17.1 Å². The van der Waals surface area contributed by atoms with Crippen LogP contribution < -0.4 is 20.1 Å². The molecule has 1 fully saturated rings. The maximum atomic E-state index is 13.4. The molecule has 8 heteroatoms. The smallest absolute Gasteiger partial charge is 0.356 e. The van der Waals surface area contributed by atoms with Gasteiger partial charge in [-0.15, -0.1) is 0 Å². The largest absolute Gasteiger partial charge is 0.495 e. The minimum Gasteiger partial charge on any atom is -0.495 e. The number of carbonyl (C=O) groups excluding carboxylic acids is 3. The lowest BCUT2D eigenvalue weighted by Crippen LogP contribution is -2.46. The molecule has 0 aromatic heterocycles. The number of anilines is 2. The van der Waals surface area contributed by atoms with E-state index in [9.17, 15) is 14.4 Å². The molecule has 0 unspecified atom stereocenters. The van der Waals surface area contributed by atoms with E-state index in [1.807, 2.05) is 25.1 Å². The van der Waals surface area contributed by atoms with Crippen molar-refractivity contribution in [1.82, 2.24) is 5.43 Å². The fraction of sp³-hybridized carbons (Fsp3) is 0.190. The maximum Gasteiger partial charge on any atom is 0.356 e. The summed E-state index contributed by atoms with van der Waals surface area (Å²) in [6.45, 7) is 1.91. The standard InChI is InChI=1S/C21H19N3O5/c1-12-7-6-8-13(11-12)24-18-16(17(22-24)21(27)29-3)19(25)23(20(18)26)14-9-4-5-10-15(14)28-2/h4-11,18,22H,1-3H3/t18-/m1/s1. The second-order valence-electron chi connectivity index (χ2n) is 6.65. The molecule has 2 aromatic rings. The van der Waals surface area contributed by atoms with Gasteiger partial charge in [0.25, 0.3) is 11.8 Å². The van der Waals surface area contributed by atoms with Crippen LogP contribution in [0.25, 0.3) is 0 Å². The Morgan fingerprint density at radius 2 is 1.83 bits per heavy atom. The van der Waals surface area contributed by atoms with Crippen molar-refractivity contribution in [3.63, 3.8) is 0 Å². The van der Waals surface area contributed by atoms with Crippen molar-refractivity contribution < 1.29 is 23.9 Å². The minimum atomic E-state index is -0.997. The third kappa shape index (κ3) is 2.80. The normalized spacial score (nSPS) is 18.1. The van der Waals surface area contributed by atoms with Crippen LogP contribution in [0.4, 0.5) is 11.4 Å². The van der Waals surface area contributed by atoms with Crippen LogP contribution >= 0.6 is 0 Å². The number of aryl methyl sites for hydroxylation is 1. The van der Waals surface area contributed by atoms with Gasteiger partial charge in [0, 0.05) is 0 Å². The molecule has 29 heavy (non-hydrogen) atoms. The number of hydrogen-bond acceptors (Lipinski definition) is 7. The van der Waals surface area contributed by atoms with Crippen molar-refractivity contribution in [2.24, 2.45) is 0 Å². The van der Waals surface area contributed by atoms with Crippen LogP contribution in [0.5, 0.6) is 5.75 Å². The van der Waals surface area contributed by atoms with Gasteiger partial charge in [0.1, 0.15) is 5.75 Å². The van der Waals surface area contributed by atoms with Crippen LogP contribution in [-0.2, 0) is 19.1 Å². The van der Waals surface area contributed by atoms with E-state index >= 15 is 0 Å². The fourth-order valence-corrected chi connectivity index (χ4v) is 3.60. The molecule has 1 atom stereocenters. The fourth-order valence-electron chi connectivity index (χ4n) is 3.60. The Balaban J connectivity index is 1.85. The van der Waals surface area contributed by atoms with Crippen molar-refractivity contribution in [2.45, 2.75) is 13.0 Å². The average Bonchev–Trinajstić information content (AvgIpc) is 3.24. The number of esters is 1. The molecule has 4 rings (SSSR count). The zero-order chi connectivity index (χ0) is 20.7. The maximum absolute atomic E-state index is 13.4. The summed E-state index contributed by atoms with van der Waals surface area (Å²) in [5.74, 6) is -1.41. The van der Waals surface area contributed by atoms with Gasteiger partial charge in [-0.05, 0) is 36.8 Å². The first-order valence-corrected chi connectivity index (χ1v) is 8.94. The van der Waals surface area contributed by atoms with Crippen LogP contribution in [0.2, 0.25) is 0 Å². The number of para-hydroxylation sites is 2. The zero-order valence-corrected chi connectivity index (χ0v) is 16.1. The second kappa shape index (κ2) is 6.97. The summed E-state index contributed by atoms with van der Waals surface area (Å²) in [6, 6.07) is 13.1. The van der Waals surface area contributed by atoms with Gasteiger partial charge < -0.3 is 9.47 Å². The van der Waals surface area contributed by atoms with E-state index < -0.39 is 23.8 Å². The third-order valence-electron chi connectivity index (χ3n) is 4.92. The van der Waals surface area contributed by atoms with E-state index in [4.69, 9.17) is 9.47 Å². The molecule has 148 valence electrons. The van der Waals surface area contributed by atoms with Crippen LogP contribution in [0.1, 0.15) is 5.56 Å². The number of fused-ring (bicyclic) bond motifs is 1. The van der Waals surface area contributed by atoms with Crippen molar-refractivity contribution >= 4 is 29.2 Å². The number of hydrogen-bond donors (Lipinski definition) is 1. The lowest BCUT2D eigenvalue weighted by Gasteiger charge is -2.26. The number of carbonyl (C=O) groups is 3. The molecule has 0 radical (unpaired) electrons. The summed E-state index contributed by atoms with van der Waals surface area (Å²) < 4.78 is 10.1. The number of nitrogens with zero attached hydrogens (tertiary/aromatic N) is 2. The molecule has 2 aliphatic rings. The van der Waals surface area contributed by atoms with Crippen molar-refractivity contribution in [3.05, 3.63) is 65.4 Å². The SMILES string of the molecule is COC(=O)C1=C2C(=O)N(c3ccccc3OC)C(=O)[C@@H]2N(c2cccc(C)c2)N1. The topological polar surface area (TPSA) is 88.2 Å². The molecule has 8 nitrogen and oxygen atoms in total. The number of nitrogens with one attached hydrogen (secondary N) is 1. The lowest BCUT2D eigenvalue weighted by molar-refractivity contribution is -0.136. The van der Waals surface area contributed by atoms with Crippen LogP contribution in [-0.4, -0.2) is 38.0 Å². The molecule has 1 saturated heterocycles. The highest BCUT2D eigenvalue weighted by Crippen LogP contribution is 2.39. The summed E-state index contributed by atoms with van der Waals surface area (Å²) in [5.41, 5.74) is 4.83. The zero-order valence-electron chi connectivity index (χ0n) is 16.1. The second-order valence-corrected chi connectivity index (χ2v) is 6.65. The van der Waals surface area contributed by atoms with Crippen LogP contribution in [0.3, 0.4) is 0 Å². The molecule has 0 bridgehead atoms. The quantitative estimate of drug-likeness (QED) is 0.625. The van der Waals surface area contributed by atoms with Crippen molar-refractivity contribution in [3.8, 4) is 5.75 Å². The monoisotopic (exact) mass is 393 g/mol. The summed E-state index contributed by atoms with van der Waals surface area (Å²) in [4.78, 5) is 40.0. The highest BCUT2D eigenvalue weighted by molar-refractivity contribution is 6.34. The number of benzene rings is 2. The molecule has 0 spiro atoms. The molecule has 2 aliphatic heterocycles. The molecule has 0 saturated carbocycles. The number of rotatable bonds is 4. The Hall–Kier alpha value is -3.81. The molecule has 2 aromatic carbocycles. The summed E-state index contributed by atoms with van der Waals surface area (Å²) in [6.07, 6.45) is 0. The predicted octanol–water partition coefficient (Wildman–Crippen LogP) is 1.70. The summed E-state index contributed by atoms with van der Waals surface area (Å²) in [5, 5.41) is 1.52. The van der Waals surface area contributed by atoms with Crippen molar-refractivity contribution in [2.75, 3.05) is 24.1 Å². The average molecular weight is 393 g/mol. The van der Waals surface area contributed by atoms with E-state index in [-0.39, 0.29) is 11.3 Å². The Labute approximate surface area is 167 Å².